The first kappa shape index (κ1) is 14.0. The van der Waals surface area contributed by atoms with E-state index < -0.39 is 0 Å². The maximum atomic E-state index is 11.5. The molecule has 0 N–H and O–H groups in total. The summed E-state index contributed by atoms with van der Waals surface area (Å²) in [6.45, 7) is 2.37. The van der Waals surface area contributed by atoms with Crippen LogP contribution >= 0.6 is 11.8 Å². The van der Waals surface area contributed by atoms with E-state index in [1.54, 1.807) is 0 Å². The number of para-hydroxylation sites is 2. The Morgan fingerprint density at radius 1 is 1.10 bits per heavy atom. The van der Waals surface area contributed by atoms with Crippen molar-refractivity contribution in [3.8, 4) is 0 Å². The number of carbonyl (C=O) groups is 2. The van der Waals surface area contributed by atoms with Gasteiger partial charge in [-0.25, -0.2) is 9.97 Å². The molecule has 1 aliphatic rings. The van der Waals surface area contributed by atoms with Gasteiger partial charge in [-0.1, -0.05) is 12.1 Å². The van der Waals surface area contributed by atoms with Crippen LogP contribution in [0.25, 0.3) is 11.0 Å². The van der Waals surface area contributed by atoms with Crippen LogP contribution in [0.15, 0.2) is 29.3 Å². The first-order valence-electron chi connectivity index (χ1n) is 6.84. The van der Waals surface area contributed by atoms with Gasteiger partial charge < -0.3 is 0 Å². The summed E-state index contributed by atoms with van der Waals surface area (Å²) >= 11 is 1.53. The molecule has 0 bridgehead atoms. The highest BCUT2D eigenvalue weighted by atomic mass is 32.2. The second kappa shape index (κ2) is 5.81. The second-order valence-electron chi connectivity index (χ2n) is 4.89. The summed E-state index contributed by atoms with van der Waals surface area (Å²) < 4.78 is 0. The molecule has 1 aromatic heterocycles. The van der Waals surface area contributed by atoms with Gasteiger partial charge in [-0.15, -0.1) is 11.8 Å². The van der Waals surface area contributed by atoms with Crippen molar-refractivity contribution < 1.29 is 9.59 Å². The minimum Gasteiger partial charge on any atom is -0.282 e. The molecular formula is C15H15N3O2S. The fourth-order valence-corrected chi connectivity index (χ4v) is 3.20. The lowest BCUT2D eigenvalue weighted by Gasteiger charge is -2.13. The van der Waals surface area contributed by atoms with Gasteiger partial charge in [-0.3, -0.25) is 14.5 Å². The number of fused-ring (bicyclic) bond motifs is 1. The summed E-state index contributed by atoms with van der Waals surface area (Å²) in [7, 11) is 0. The molecular weight excluding hydrogens is 286 g/mol. The number of imide groups is 1. The van der Waals surface area contributed by atoms with Crippen LogP contribution in [-0.2, 0) is 9.59 Å². The molecule has 1 saturated heterocycles. The number of thioether (sulfide) groups is 1. The predicted molar refractivity (Wildman–Crippen MR) is 81.0 cm³/mol. The Morgan fingerprint density at radius 3 is 2.38 bits per heavy atom. The third-order valence-electron chi connectivity index (χ3n) is 3.41. The average Bonchev–Trinajstić information content (AvgIpc) is 2.79. The normalized spacial score (nSPS) is 15.2. The Labute approximate surface area is 126 Å². The predicted octanol–water partition coefficient (Wildman–Crippen LogP) is 2.18. The molecule has 0 unspecified atom stereocenters. The summed E-state index contributed by atoms with van der Waals surface area (Å²) in [6.07, 6.45) is 0.691. The van der Waals surface area contributed by atoms with E-state index in [0.29, 0.717) is 25.1 Å². The van der Waals surface area contributed by atoms with E-state index in [1.807, 2.05) is 31.2 Å². The van der Waals surface area contributed by atoms with E-state index in [2.05, 4.69) is 9.97 Å². The van der Waals surface area contributed by atoms with Crippen molar-refractivity contribution in [1.29, 1.82) is 0 Å². The van der Waals surface area contributed by atoms with E-state index in [9.17, 15) is 9.59 Å². The van der Waals surface area contributed by atoms with Crippen LogP contribution in [0.2, 0.25) is 0 Å². The molecule has 2 amide bonds. The van der Waals surface area contributed by atoms with Gasteiger partial charge in [0.25, 0.3) is 0 Å². The summed E-state index contributed by atoms with van der Waals surface area (Å²) in [5.41, 5.74) is 2.61. The molecule has 0 atom stereocenters. The molecule has 5 nitrogen and oxygen atoms in total. The lowest BCUT2D eigenvalue weighted by atomic mass is 10.3. The van der Waals surface area contributed by atoms with Crippen LogP contribution < -0.4 is 0 Å². The first-order chi connectivity index (χ1) is 10.1. The molecule has 6 heteroatoms. The van der Waals surface area contributed by atoms with Gasteiger partial charge in [0.1, 0.15) is 5.03 Å². The molecule has 1 aliphatic heterocycles. The summed E-state index contributed by atoms with van der Waals surface area (Å²) in [5.74, 6) is 0.509. The summed E-state index contributed by atoms with van der Waals surface area (Å²) in [6, 6.07) is 7.74. The average molecular weight is 301 g/mol. The minimum atomic E-state index is -0.0677. The molecule has 0 radical (unpaired) electrons. The fraction of sp³-hybridized carbons (Fsp3) is 0.333. The number of aromatic nitrogens is 2. The smallest absolute Gasteiger partial charge is 0.229 e. The number of likely N-dealkylation sites (tertiary alicyclic amines) is 1. The molecule has 1 fully saturated rings. The number of rotatable bonds is 4. The van der Waals surface area contributed by atoms with Crippen LogP contribution in [-0.4, -0.2) is 39.0 Å². The van der Waals surface area contributed by atoms with E-state index in [0.717, 1.165) is 21.8 Å². The van der Waals surface area contributed by atoms with Crippen LogP contribution in [0, 0.1) is 6.92 Å². The van der Waals surface area contributed by atoms with E-state index in [4.69, 9.17) is 0 Å². The van der Waals surface area contributed by atoms with Crippen LogP contribution in [0.4, 0.5) is 0 Å². The highest BCUT2D eigenvalue weighted by Crippen LogP contribution is 2.22. The Hall–Kier alpha value is -1.95. The molecule has 0 saturated carbocycles. The third kappa shape index (κ3) is 2.90. The van der Waals surface area contributed by atoms with Crippen LogP contribution in [0.5, 0.6) is 0 Å². The molecule has 3 rings (SSSR count). The zero-order valence-electron chi connectivity index (χ0n) is 11.7. The summed E-state index contributed by atoms with van der Waals surface area (Å²) in [4.78, 5) is 33.5. The van der Waals surface area contributed by atoms with Gasteiger partial charge in [-0.05, 0) is 19.1 Å². The lowest BCUT2D eigenvalue weighted by Crippen LogP contribution is -2.31. The molecule has 0 spiro atoms. The van der Waals surface area contributed by atoms with Gasteiger partial charge in [0.05, 0.1) is 16.7 Å². The number of benzene rings is 1. The SMILES string of the molecule is Cc1nc2ccccc2nc1SCCN1C(=O)CCC1=O. The van der Waals surface area contributed by atoms with Gasteiger partial charge in [-0.2, -0.15) is 0 Å². The van der Waals surface area contributed by atoms with Crippen LogP contribution in [0.1, 0.15) is 18.5 Å². The molecule has 2 heterocycles. The Kier molecular flexibility index (Phi) is 3.88. The quantitative estimate of drug-likeness (QED) is 0.640. The zero-order chi connectivity index (χ0) is 14.8. The number of carbonyl (C=O) groups excluding carboxylic acids is 2. The van der Waals surface area contributed by atoms with Gasteiger partial charge in [0.2, 0.25) is 11.8 Å². The van der Waals surface area contributed by atoms with Crippen molar-refractivity contribution in [3.05, 3.63) is 30.0 Å². The van der Waals surface area contributed by atoms with Gasteiger partial charge >= 0.3 is 0 Å². The van der Waals surface area contributed by atoms with Crippen LogP contribution in [0.3, 0.4) is 0 Å². The number of hydrogen-bond donors (Lipinski definition) is 0. The number of nitrogens with zero attached hydrogens (tertiary/aromatic N) is 3. The molecule has 21 heavy (non-hydrogen) atoms. The Balaban J connectivity index is 1.69. The maximum absolute atomic E-state index is 11.5. The molecule has 2 aromatic rings. The second-order valence-corrected chi connectivity index (χ2v) is 5.97. The Bertz CT molecular complexity index is 701. The van der Waals surface area contributed by atoms with Crippen molar-refractivity contribution in [2.75, 3.05) is 12.3 Å². The number of hydrogen-bond acceptors (Lipinski definition) is 5. The largest absolute Gasteiger partial charge is 0.282 e. The van der Waals surface area contributed by atoms with E-state index in [-0.39, 0.29) is 11.8 Å². The lowest BCUT2D eigenvalue weighted by molar-refractivity contribution is -0.137. The van der Waals surface area contributed by atoms with Gasteiger partial charge in [0, 0.05) is 25.1 Å². The highest BCUT2D eigenvalue weighted by molar-refractivity contribution is 7.99. The minimum absolute atomic E-state index is 0.0677. The van der Waals surface area contributed by atoms with E-state index in [1.165, 1.54) is 16.7 Å². The number of amides is 2. The molecule has 1 aromatic carbocycles. The standard InChI is InChI=1S/C15H15N3O2S/c1-10-15(17-12-5-3-2-4-11(12)16-10)21-9-8-18-13(19)6-7-14(18)20/h2-5H,6-9H2,1H3. The monoisotopic (exact) mass is 301 g/mol. The van der Waals surface area contributed by atoms with Gasteiger partial charge in [0.15, 0.2) is 0 Å². The molecule has 0 aliphatic carbocycles. The van der Waals surface area contributed by atoms with Crippen molar-refractivity contribution in [2.45, 2.75) is 24.8 Å². The van der Waals surface area contributed by atoms with Crippen molar-refractivity contribution in [2.24, 2.45) is 0 Å². The Morgan fingerprint density at radius 2 is 1.71 bits per heavy atom. The molecule has 108 valence electrons. The zero-order valence-corrected chi connectivity index (χ0v) is 12.5. The van der Waals surface area contributed by atoms with E-state index >= 15 is 0 Å². The highest BCUT2D eigenvalue weighted by Gasteiger charge is 2.28. The third-order valence-corrected chi connectivity index (χ3v) is 4.46. The topological polar surface area (TPSA) is 63.2 Å². The van der Waals surface area contributed by atoms with Crippen molar-refractivity contribution >= 4 is 34.6 Å². The summed E-state index contributed by atoms with van der Waals surface area (Å²) in [5, 5.41) is 0.854. The maximum Gasteiger partial charge on any atom is 0.229 e. The van der Waals surface area contributed by atoms with Crippen molar-refractivity contribution in [3.63, 3.8) is 0 Å². The number of aryl methyl sites for hydroxylation is 1. The van der Waals surface area contributed by atoms with Crippen molar-refractivity contribution in [1.82, 2.24) is 14.9 Å². The first-order valence-corrected chi connectivity index (χ1v) is 7.83. The fourth-order valence-electron chi connectivity index (χ4n) is 2.31.